The summed E-state index contributed by atoms with van der Waals surface area (Å²) >= 11 is 0. The quantitative estimate of drug-likeness (QED) is 0.269. The Kier molecular flexibility index (Phi) is 9.24. The molecule has 2 atom stereocenters. The molecular formula is C40H42N4O6. The van der Waals surface area contributed by atoms with Gasteiger partial charge in [-0.2, -0.15) is 10.5 Å². The number of hydrogen-bond donors (Lipinski definition) is 2. The SMILES string of the molecule is CC1(C)CC(=O)C2=C(C1)OC(N)=C(C#N)C2c1ccccc1OCCCCOc1ccccc1C1C(C#N)=C(N)OC2=C1C(=O)CC(C)(C)C2. The van der Waals surface area contributed by atoms with E-state index in [1.807, 2.05) is 76.2 Å². The fraction of sp³-hybridized carbons (Fsp3) is 0.400. The van der Waals surface area contributed by atoms with Crippen molar-refractivity contribution in [1.29, 1.82) is 10.5 Å². The Morgan fingerprint density at radius 3 is 1.44 bits per heavy atom. The van der Waals surface area contributed by atoms with Crippen LogP contribution in [0.3, 0.4) is 0 Å². The molecule has 2 heterocycles. The predicted octanol–water partition coefficient (Wildman–Crippen LogP) is 6.83. The Labute approximate surface area is 292 Å². The lowest BCUT2D eigenvalue weighted by molar-refractivity contribution is -0.119. The van der Waals surface area contributed by atoms with E-state index in [1.54, 1.807) is 0 Å². The molecule has 4 N–H and O–H groups in total. The van der Waals surface area contributed by atoms with Crippen molar-refractivity contribution < 1.29 is 28.5 Å². The number of allylic oxidation sites excluding steroid dienone is 6. The van der Waals surface area contributed by atoms with Crippen molar-refractivity contribution in [3.8, 4) is 23.6 Å². The van der Waals surface area contributed by atoms with Gasteiger partial charge in [-0.25, -0.2) is 0 Å². The van der Waals surface area contributed by atoms with Gasteiger partial charge >= 0.3 is 0 Å². The van der Waals surface area contributed by atoms with Crippen LogP contribution in [0.25, 0.3) is 0 Å². The lowest BCUT2D eigenvalue weighted by Gasteiger charge is -2.37. The molecular weight excluding hydrogens is 632 g/mol. The first-order valence-corrected chi connectivity index (χ1v) is 17.0. The summed E-state index contributed by atoms with van der Waals surface area (Å²) in [7, 11) is 0. The van der Waals surface area contributed by atoms with Crippen LogP contribution in [0.15, 0.2) is 94.1 Å². The number of benzene rings is 2. The van der Waals surface area contributed by atoms with Crippen molar-refractivity contribution in [3.63, 3.8) is 0 Å². The number of para-hydroxylation sites is 2. The van der Waals surface area contributed by atoms with Gasteiger partial charge in [-0.3, -0.25) is 9.59 Å². The molecule has 0 amide bonds. The zero-order valence-corrected chi connectivity index (χ0v) is 28.9. The van der Waals surface area contributed by atoms with Gasteiger partial charge in [0.1, 0.15) is 46.3 Å². The Balaban J connectivity index is 1.15. The first-order chi connectivity index (χ1) is 23.8. The van der Waals surface area contributed by atoms with Crippen molar-refractivity contribution in [2.24, 2.45) is 22.3 Å². The van der Waals surface area contributed by atoms with Crippen LogP contribution in [-0.4, -0.2) is 24.8 Å². The molecule has 0 bridgehead atoms. The summed E-state index contributed by atoms with van der Waals surface area (Å²) in [6.07, 6.45) is 3.06. The Bertz CT molecular complexity index is 1830. The number of ether oxygens (including phenoxy) is 4. The van der Waals surface area contributed by atoms with Crippen molar-refractivity contribution in [2.45, 2.75) is 78.1 Å². The maximum atomic E-state index is 13.4. The van der Waals surface area contributed by atoms with E-state index in [0.717, 1.165) is 0 Å². The molecule has 0 spiro atoms. The summed E-state index contributed by atoms with van der Waals surface area (Å²) < 4.78 is 24.2. The summed E-state index contributed by atoms with van der Waals surface area (Å²) in [5.74, 6) is 0.729. The molecule has 2 aromatic rings. The highest BCUT2D eigenvalue weighted by Gasteiger charge is 2.45. The highest BCUT2D eigenvalue weighted by molar-refractivity contribution is 6.01. The van der Waals surface area contributed by atoms with Gasteiger partial charge in [0.25, 0.3) is 0 Å². The molecule has 6 rings (SSSR count). The second-order valence-electron chi connectivity index (χ2n) is 14.9. The smallest absolute Gasteiger partial charge is 0.205 e. The molecule has 50 heavy (non-hydrogen) atoms. The van der Waals surface area contributed by atoms with Crippen LogP contribution in [0.5, 0.6) is 11.5 Å². The average molecular weight is 675 g/mol. The molecule has 2 aromatic carbocycles. The minimum absolute atomic E-state index is 0.0130. The van der Waals surface area contributed by atoms with E-state index in [1.165, 1.54) is 0 Å². The van der Waals surface area contributed by atoms with Gasteiger partial charge in [-0.1, -0.05) is 64.1 Å². The van der Waals surface area contributed by atoms with Gasteiger partial charge in [-0.15, -0.1) is 0 Å². The number of ketones is 2. The average Bonchev–Trinajstić information content (AvgIpc) is 3.04. The number of hydrogen-bond acceptors (Lipinski definition) is 10. The van der Waals surface area contributed by atoms with Gasteiger partial charge in [0.2, 0.25) is 11.8 Å². The number of unbranched alkanes of at least 4 members (excludes halogenated alkanes) is 1. The van der Waals surface area contributed by atoms with E-state index in [4.69, 9.17) is 30.4 Å². The van der Waals surface area contributed by atoms with Crippen molar-refractivity contribution in [3.05, 3.63) is 105 Å². The molecule has 10 heteroatoms. The highest BCUT2D eigenvalue weighted by Crippen LogP contribution is 2.51. The van der Waals surface area contributed by atoms with E-state index < -0.39 is 11.8 Å². The molecule has 0 saturated carbocycles. The third-order valence-electron chi connectivity index (χ3n) is 9.66. The molecule has 0 saturated heterocycles. The Hall–Kier alpha value is -5.48. The second kappa shape index (κ2) is 13.4. The summed E-state index contributed by atoms with van der Waals surface area (Å²) in [5, 5.41) is 20.1. The monoisotopic (exact) mass is 674 g/mol. The normalized spacial score (nSPS) is 22.5. The van der Waals surface area contributed by atoms with E-state index in [-0.39, 0.29) is 45.3 Å². The number of nitrogens with two attached hydrogens (primary N) is 2. The number of carbonyl (C=O) groups excluding carboxylic acids is 2. The largest absolute Gasteiger partial charge is 0.493 e. The number of nitriles is 2. The zero-order valence-electron chi connectivity index (χ0n) is 28.9. The van der Waals surface area contributed by atoms with Gasteiger partial charge in [0, 0.05) is 48.0 Å². The van der Waals surface area contributed by atoms with Gasteiger partial charge in [0.15, 0.2) is 11.6 Å². The van der Waals surface area contributed by atoms with E-state index >= 15 is 0 Å². The fourth-order valence-corrected chi connectivity index (χ4v) is 7.46. The maximum absolute atomic E-state index is 13.4. The molecule has 0 fully saturated rings. The number of carbonyl (C=O) groups is 2. The van der Waals surface area contributed by atoms with Gasteiger partial charge < -0.3 is 30.4 Å². The Morgan fingerprint density at radius 2 is 1.06 bits per heavy atom. The fourth-order valence-electron chi connectivity index (χ4n) is 7.46. The maximum Gasteiger partial charge on any atom is 0.205 e. The molecule has 10 nitrogen and oxygen atoms in total. The number of rotatable bonds is 9. The summed E-state index contributed by atoms with van der Waals surface area (Å²) in [5.41, 5.74) is 14.6. The molecule has 258 valence electrons. The topological polar surface area (TPSA) is 171 Å². The minimum atomic E-state index is -0.673. The van der Waals surface area contributed by atoms with Crippen LogP contribution in [0.2, 0.25) is 0 Å². The second-order valence-corrected chi connectivity index (χ2v) is 14.9. The third kappa shape index (κ3) is 6.58. The highest BCUT2D eigenvalue weighted by atomic mass is 16.5. The summed E-state index contributed by atoms with van der Waals surface area (Å²) in [4.78, 5) is 26.9. The molecule has 4 aliphatic rings. The van der Waals surface area contributed by atoms with E-state index in [2.05, 4.69) is 12.1 Å². The first kappa shape index (κ1) is 34.4. The Morgan fingerprint density at radius 1 is 0.680 bits per heavy atom. The lowest BCUT2D eigenvalue weighted by atomic mass is 9.70. The molecule has 2 unspecified atom stereocenters. The summed E-state index contributed by atoms with van der Waals surface area (Å²) in [6, 6.07) is 19.1. The molecule has 0 radical (unpaired) electrons. The minimum Gasteiger partial charge on any atom is -0.493 e. The van der Waals surface area contributed by atoms with Crippen molar-refractivity contribution in [2.75, 3.05) is 13.2 Å². The first-order valence-electron chi connectivity index (χ1n) is 17.0. The molecule has 2 aliphatic heterocycles. The van der Waals surface area contributed by atoms with Gasteiger partial charge in [-0.05, 0) is 35.8 Å². The van der Waals surface area contributed by atoms with Crippen LogP contribution in [0, 0.1) is 33.5 Å². The van der Waals surface area contributed by atoms with E-state index in [9.17, 15) is 20.1 Å². The van der Waals surface area contributed by atoms with Crippen LogP contribution >= 0.6 is 0 Å². The van der Waals surface area contributed by atoms with Gasteiger partial charge in [0.05, 0.1) is 25.0 Å². The number of nitrogens with zero attached hydrogens (tertiary/aromatic N) is 2. The molecule has 0 aromatic heterocycles. The van der Waals surface area contributed by atoms with Crippen LogP contribution in [0.1, 0.15) is 89.2 Å². The van der Waals surface area contributed by atoms with Crippen LogP contribution in [0.4, 0.5) is 0 Å². The van der Waals surface area contributed by atoms with Crippen molar-refractivity contribution in [1.82, 2.24) is 0 Å². The van der Waals surface area contributed by atoms with Crippen LogP contribution in [-0.2, 0) is 19.1 Å². The number of Topliss-reactive ketones (excluding diaryl/α,β-unsaturated/α-hetero) is 2. The predicted molar refractivity (Wildman–Crippen MR) is 185 cm³/mol. The summed E-state index contributed by atoms with van der Waals surface area (Å²) in [6.45, 7) is 8.77. The molecule has 2 aliphatic carbocycles. The van der Waals surface area contributed by atoms with Crippen molar-refractivity contribution >= 4 is 11.6 Å². The zero-order chi connectivity index (χ0) is 35.8. The van der Waals surface area contributed by atoms with E-state index in [0.29, 0.717) is 97.0 Å². The lowest BCUT2D eigenvalue weighted by Crippen LogP contribution is -2.33. The standard InChI is InChI=1S/C40H42N4O6/c1-39(2)17-27(45)35-31(19-39)49-37(43)25(21-41)33(35)23-11-5-7-13-29(23)47-15-9-10-16-48-30-14-8-6-12-24(30)34-26(22-42)38(44)50-32-20-40(3,4)18-28(46)36(32)34/h5-8,11-14,33-34H,9-10,15-20,43-44H2,1-4H3. The van der Waals surface area contributed by atoms with Crippen LogP contribution < -0.4 is 20.9 Å². The third-order valence-corrected chi connectivity index (χ3v) is 9.66.